The minimum Gasteiger partial charge on any atom is -0.368 e. The molecule has 0 unspecified atom stereocenters. The number of benzene rings is 2. The molecule has 0 amide bonds. The maximum Gasteiger partial charge on any atom is 0.160 e. The fraction of sp³-hybridized carbons (Fsp3) is 0.250. The monoisotopic (exact) mass is 336 g/mol. The highest BCUT2D eigenvalue weighted by Crippen LogP contribution is 2.29. The van der Waals surface area contributed by atoms with E-state index >= 15 is 0 Å². The Morgan fingerprint density at radius 3 is 2.40 bits per heavy atom. The lowest BCUT2D eigenvalue weighted by atomic mass is 10.1. The van der Waals surface area contributed by atoms with Gasteiger partial charge in [0.25, 0.3) is 0 Å². The summed E-state index contributed by atoms with van der Waals surface area (Å²) in [5, 5.41) is 0. The van der Waals surface area contributed by atoms with Crippen LogP contribution in [0.3, 0.4) is 0 Å². The van der Waals surface area contributed by atoms with Crippen LogP contribution >= 0.6 is 15.9 Å². The lowest BCUT2D eigenvalue weighted by Gasteiger charge is -2.21. The highest BCUT2D eigenvalue weighted by Gasteiger charge is 2.13. The van der Waals surface area contributed by atoms with Gasteiger partial charge in [0.15, 0.2) is 5.82 Å². The van der Waals surface area contributed by atoms with Gasteiger partial charge in [0.1, 0.15) is 0 Å². The Bertz CT molecular complexity index is 596. The van der Waals surface area contributed by atoms with Crippen LogP contribution in [0.15, 0.2) is 40.9 Å². The van der Waals surface area contributed by atoms with Crippen molar-refractivity contribution in [3.8, 4) is 0 Å². The number of halogens is 2. The Labute approximate surface area is 127 Å². The number of nitrogens with two attached hydrogens (primary N) is 1. The molecule has 0 aromatic heterocycles. The van der Waals surface area contributed by atoms with Crippen LogP contribution in [0.4, 0.5) is 10.1 Å². The number of hydrogen-bond donors (Lipinski definition) is 1. The van der Waals surface area contributed by atoms with E-state index in [4.69, 9.17) is 5.73 Å². The molecular formula is C16H18BrFN2. The predicted octanol–water partition coefficient (Wildman–Crippen LogP) is 3.99. The topological polar surface area (TPSA) is 29.3 Å². The Kier molecular flexibility index (Phi) is 4.78. The lowest BCUT2D eigenvalue weighted by molar-refractivity contribution is 0.613. The Morgan fingerprint density at radius 1 is 1.15 bits per heavy atom. The van der Waals surface area contributed by atoms with Crippen LogP contribution in [0.2, 0.25) is 0 Å². The highest BCUT2D eigenvalue weighted by molar-refractivity contribution is 9.10. The summed E-state index contributed by atoms with van der Waals surface area (Å²) in [6.07, 6.45) is 0. The number of anilines is 1. The van der Waals surface area contributed by atoms with Gasteiger partial charge in [0.2, 0.25) is 0 Å². The van der Waals surface area contributed by atoms with Crippen molar-refractivity contribution in [2.45, 2.75) is 20.0 Å². The predicted molar refractivity (Wildman–Crippen MR) is 85.3 cm³/mol. The Morgan fingerprint density at radius 2 is 1.80 bits per heavy atom. The molecule has 0 spiro atoms. The molecule has 106 valence electrons. The van der Waals surface area contributed by atoms with Crippen molar-refractivity contribution in [3.63, 3.8) is 0 Å². The summed E-state index contributed by atoms with van der Waals surface area (Å²) in [5.74, 6) is -0.262. The van der Waals surface area contributed by atoms with Crippen LogP contribution in [-0.4, -0.2) is 7.05 Å². The third-order valence-electron chi connectivity index (χ3n) is 3.31. The van der Waals surface area contributed by atoms with Gasteiger partial charge in [-0.05, 0) is 40.0 Å². The minimum absolute atomic E-state index is 0.262. The molecule has 0 aliphatic heterocycles. The van der Waals surface area contributed by atoms with E-state index in [1.807, 2.05) is 18.0 Å². The van der Waals surface area contributed by atoms with Crippen molar-refractivity contribution < 1.29 is 4.39 Å². The van der Waals surface area contributed by atoms with Crippen LogP contribution < -0.4 is 10.6 Å². The van der Waals surface area contributed by atoms with Gasteiger partial charge in [-0.2, -0.15) is 0 Å². The molecule has 0 aliphatic rings. The van der Waals surface area contributed by atoms with Gasteiger partial charge in [-0.1, -0.05) is 35.9 Å². The van der Waals surface area contributed by atoms with Gasteiger partial charge in [-0.25, -0.2) is 4.39 Å². The summed E-state index contributed by atoms with van der Waals surface area (Å²) in [4.78, 5) is 1.89. The van der Waals surface area contributed by atoms with E-state index in [1.54, 1.807) is 6.07 Å². The van der Waals surface area contributed by atoms with E-state index in [9.17, 15) is 4.39 Å². The molecule has 0 saturated carbocycles. The van der Waals surface area contributed by atoms with Crippen LogP contribution in [0.25, 0.3) is 0 Å². The Hall–Kier alpha value is -1.39. The fourth-order valence-electron chi connectivity index (χ4n) is 2.08. The molecule has 4 heteroatoms. The standard InChI is InChI=1S/C16H18BrFN2/c1-11-3-5-12(6-4-11)10-20(2)14-8-7-13(9-19)15(17)16(14)18/h3-8H,9-10,19H2,1-2H3. The average Bonchev–Trinajstić information content (AvgIpc) is 2.44. The van der Waals surface area contributed by atoms with Crippen molar-refractivity contribution in [3.05, 3.63) is 63.4 Å². The minimum atomic E-state index is -0.262. The molecule has 0 radical (unpaired) electrons. The van der Waals surface area contributed by atoms with E-state index < -0.39 is 0 Å². The molecule has 0 fully saturated rings. The van der Waals surface area contributed by atoms with Crippen LogP contribution in [-0.2, 0) is 13.1 Å². The molecule has 2 aromatic rings. The maximum atomic E-state index is 14.3. The van der Waals surface area contributed by atoms with E-state index in [0.29, 0.717) is 23.2 Å². The second-order valence-electron chi connectivity index (χ2n) is 4.92. The van der Waals surface area contributed by atoms with Gasteiger partial charge in [0.05, 0.1) is 10.2 Å². The number of hydrogen-bond acceptors (Lipinski definition) is 2. The first-order chi connectivity index (χ1) is 9.52. The number of rotatable bonds is 4. The van der Waals surface area contributed by atoms with Crippen LogP contribution in [0.5, 0.6) is 0 Å². The molecule has 20 heavy (non-hydrogen) atoms. The summed E-state index contributed by atoms with van der Waals surface area (Å²) in [7, 11) is 1.88. The average molecular weight is 337 g/mol. The van der Waals surface area contributed by atoms with Gasteiger partial charge in [0, 0.05) is 20.1 Å². The second-order valence-corrected chi connectivity index (χ2v) is 5.71. The maximum absolute atomic E-state index is 14.3. The van der Waals surface area contributed by atoms with Crippen molar-refractivity contribution >= 4 is 21.6 Å². The third kappa shape index (κ3) is 3.19. The van der Waals surface area contributed by atoms with Gasteiger partial charge in [-0.3, -0.25) is 0 Å². The van der Waals surface area contributed by atoms with Crippen LogP contribution in [0.1, 0.15) is 16.7 Å². The van der Waals surface area contributed by atoms with E-state index in [-0.39, 0.29) is 5.82 Å². The molecular weight excluding hydrogens is 319 g/mol. The first-order valence-electron chi connectivity index (χ1n) is 6.46. The first kappa shape index (κ1) is 15.0. The summed E-state index contributed by atoms with van der Waals surface area (Å²) in [6.45, 7) is 3.03. The smallest absolute Gasteiger partial charge is 0.160 e. The summed E-state index contributed by atoms with van der Waals surface area (Å²) >= 11 is 3.27. The van der Waals surface area contributed by atoms with Gasteiger partial charge >= 0.3 is 0 Å². The quantitative estimate of drug-likeness (QED) is 0.914. The molecule has 2 N–H and O–H groups in total. The first-order valence-corrected chi connectivity index (χ1v) is 7.26. The highest BCUT2D eigenvalue weighted by atomic mass is 79.9. The molecule has 0 bridgehead atoms. The largest absolute Gasteiger partial charge is 0.368 e. The van der Waals surface area contributed by atoms with Crippen molar-refractivity contribution in [2.24, 2.45) is 5.73 Å². The molecule has 0 atom stereocenters. The summed E-state index contributed by atoms with van der Waals surface area (Å²) < 4.78 is 14.8. The molecule has 2 rings (SSSR count). The summed E-state index contributed by atoms with van der Waals surface area (Å²) in [5.41, 5.74) is 9.28. The summed E-state index contributed by atoms with van der Waals surface area (Å²) in [6, 6.07) is 11.9. The van der Waals surface area contributed by atoms with Gasteiger partial charge < -0.3 is 10.6 Å². The molecule has 0 heterocycles. The van der Waals surface area contributed by atoms with Crippen molar-refractivity contribution in [1.29, 1.82) is 0 Å². The molecule has 0 saturated heterocycles. The molecule has 0 aliphatic carbocycles. The van der Waals surface area contributed by atoms with E-state index in [0.717, 1.165) is 11.1 Å². The molecule has 2 nitrogen and oxygen atoms in total. The van der Waals surface area contributed by atoms with Gasteiger partial charge in [-0.15, -0.1) is 0 Å². The van der Waals surface area contributed by atoms with E-state index in [2.05, 4.69) is 47.1 Å². The van der Waals surface area contributed by atoms with Crippen molar-refractivity contribution in [2.75, 3.05) is 11.9 Å². The normalized spacial score (nSPS) is 10.7. The lowest BCUT2D eigenvalue weighted by Crippen LogP contribution is -2.18. The number of aryl methyl sites for hydroxylation is 1. The second kappa shape index (κ2) is 6.37. The third-order valence-corrected chi connectivity index (χ3v) is 4.17. The zero-order valence-electron chi connectivity index (χ0n) is 11.7. The Balaban J connectivity index is 2.23. The SMILES string of the molecule is Cc1ccc(CN(C)c2ccc(CN)c(Br)c2F)cc1. The molecule has 2 aromatic carbocycles. The number of nitrogens with zero attached hydrogens (tertiary/aromatic N) is 1. The van der Waals surface area contributed by atoms with Crippen molar-refractivity contribution in [1.82, 2.24) is 0 Å². The fourth-order valence-corrected chi connectivity index (χ4v) is 2.58. The van der Waals surface area contributed by atoms with Crippen LogP contribution in [0, 0.1) is 12.7 Å². The zero-order chi connectivity index (χ0) is 14.7. The van der Waals surface area contributed by atoms with E-state index in [1.165, 1.54) is 5.56 Å². The zero-order valence-corrected chi connectivity index (χ0v) is 13.2.